The molecule has 0 saturated heterocycles. The van der Waals surface area contributed by atoms with E-state index in [0.717, 1.165) is 34.1 Å². The Morgan fingerprint density at radius 3 is 2.33 bits per heavy atom. The molecule has 112 valence electrons. The average molecular weight is 322 g/mol. The summed E-state index contributed by atoms with van der Waals surface area (Å²) in [6.45, 7) is 7.20. The fraction of sp³-hybridized carbons (Fsp3) is 0.333. The number of hydrogen-bond donors (Lipinski definition) is 1. The fourth-order valence-electron chi connectivity index (χ4n) is 2.49. The van der Waals surface area contributed by atoms with Crippen molar-refractivity contribution < 1.29 is 0 Å². The molecular formula is C18H21Cl2N. The van der Waals surface area contributed by atoms with Gasteiger partial charge in [-0.2, -0.15) is 0 Å². The van der Waals surface area contributed by atoms with Gasteiger partial charge in [0.05, 0.1) is 0 Å². The van der Waals surface area contributed by atoms with Crippen molar-refractivity contribution in [2.75, 3.05) is 6.54 Å². The molecule has 0 radical (unpaired) electrons. The molecule has 0 aliphatic rings. The molecule has 1 nitrogen and oxygen atoms in total. The Balaban J connectivity index is 2.35. The van der Waals surface area contributed by atoms with E-state index in [9.17, 15) is 0 Å². The van der Waals surface area contributed by atoms with E-state index in [1.54, 1.807) is 0 Å². The minimum absolute atomic E-state index is 0.168. The van der Waals surface area contributed by atoms with Crippen molar-refractivity contribution in [2.45, 2.75) is 33.2 Å². The summed E-state index contributed by atoms with van der Waals surface area (Å²) in [5.74, 6) is 0. The number of nitrogens with one attached hydrogen (secondary N) is 1. The number of aryl methyl sites for hydroxylation is 2. The van der Waals surface area contributed by atoms with Gasteiger partial charge < -0.3 is 5.32 Å². The summed E-state index contributed by atoms with van der Waals surface area (Å²) in [6, 6.07) is 12.4. The van der Waals surface area contributed by atoms with Gasteiger partial charge in [0.25, 0.3) is 0 Å². The van der Waals surface area contributed by atoms with Crippen LogP contribution >= 0.6 is 23.2 Å². The van der Waals surface area contributed by atoms with E-state index in [1.807, 2.05) is 24.3 Å². The highest BCUT2D eigenvalue weighted by atomic mass is 35.5. The second kappa shape index (κ2) is 7.31. The van der Waals surface area contributed by atoms with Crippen LogP contribution in [0, 0.1) is 13.8 Å². The predicted molar refractivity (Wildman–Crippen MR) is 92.5 cm³/mol. The number of halogens is 2. The van der Waals surface area contributed by atoms with Crippen LogP contribution in [0.5, 0.6) is 0 Å². The number of rotatable bonds is 5. The molecule has 0 aliphatic carbocycles. The van der Waals surface area contributed by atoms with Gasteiger partial charge in [-0.25, -0.2) is 0 Å². The quantitative estimate of drug-likeness (QED) is 0.766. The topological polar surface area (TPSA) is 12.0 Å². The third-order valence-corrected chi connectivity index (χ3v) is 4.52. The van der Waals surface area contributed by atoms with Gasteiger partial charge in [0.1, 0.15) is 0 Å². The SMILES string of the molecule is CCNC(Cc1ccccc1Cl)c1cc(C)c(C)cc1Cl. The molecule has 2 rings (SSSR count). The average Bonchev–Trinajstić information content (AvgIpc) is 2.45. The van der Waals surface area contributed by atoms with E-state index in [-0.39, 0.29) is 6.04 Å². The van der Waals surface area contributed by atoms with E-state index in [4.69, 9.17) is 23.2 Å². The molecule has 0 spiro atoms. The maximum absolute atomic E-state index is 6.47. The van der Waals surface area contributed by atoms with Crippen LogP contribution in [0.4, 0.5) is 0 Å². The molecule has 0 aliphatic heterocycles. The van der Waals surface area contributed by atoms with Gasteiger partial charge in [0.2, 0.25) is 0 Å². The molecule has 2 aromatic carbocycles. The second-order valence-electron chi connectivity index (χ2n) is 5.36. The highest BCUT2D eigenvalue weighted by Crippen LogP contribution is 2.30. The van der Waals surface area contributed by atoms with Crippen LogP contribution in [-0.2, 0) is 6.42 Å². The van der Waals surface area contributed by atoms with Crippen molar-refractivity contribution in [3.05, 3.63) is 68.7 Å². The minimum Gasteiger partial charge on any atom is -0.310 e. The second-order valence-corrected chi connectivity index (χ2v) is 6.18. The van der Waals surface area contributed by atoms with Gasteiger partial charge in [-0.3, -0.25) is 0 Å². The third-order valence-electron chi connectivity index (χ3n) is 3.82. The molecule has 1 atom stereocenters. The summed E-state index contributed by atoms with van der Waals surface area (Å²) >= 11 is 12.8. The molecule has 1 N–H and O–H groups in total. The van der Waals surface area contributed by atoms with E-state index in [2.05, 4.69) is 38.2 Å². The molecule has 0 fully saturated rings. The summed E-state index contributed by atoms with van der Waals surface area (Å²) in [7, 11) is 0. The van der Waals surface area contributed by atoms with Crippen molar-refractivity contribution in [1.82, 2.24) is 5.32 Å². The predicted octanol–water partition coefficient (Wildman–Crippen LogP) is 5.50. The van der Waals surface area contributed by atoms with Crippen molar-refractivity contribution >= 4 is 23.2 Å². The van der Waals surface area contributed by atoms with Crippen LogP contribution in [0.1, 0.15) is 35.2 Å². The standard InChI is InChI=1S/C18H21Cl2N/c1-4-21-18(11-14-7-5-6-8-16(14)19)15-9-12(2)13(3)10-17(15)20/h5-10,18,21H,4,11H2,1-3H3. The van der Waals surface area contributed by atoms with E-state index >= 15 is 0 Å². The molecule has 0 heterocycles. The van der Waals surface area contributed by atoms with Gasteiger partial charge in [-0.1, -0.05) is 54.4 Å². The maximum Gasteiger partial charge on any atom is 0.0456 e. The lowest BCUT2D eigenvalue weighted by Crippen LogP contribution is -2.23. The van der Waals surface area contributed by atoms with Crippen molar-refractivity contribution in [1.29, 1.82) is 0 Å². The zero-order chi connectivity index (χ0) is 15.4. The molecule has 2 aromatic rings. The van der Waals surface area contributed by atoms with E-state index < -0.39 is 0 Å². The highest BCUT2D eigenvalue weighted by molar-refractivity contribution is 6.31. The summed E-state index contributed by atoms with van der Waals surface area (Å²) < 4.78 is 0. The Morgan fingerprint density at radius 2 is 1.67 bits per heavy atom. The molecule has 0 amide bonds. The Labute approximate surface area is 137 Å². The van der Waals surface area contributed by atoms with E-state index in [0.29, 0.717) is 0 Å². The first kappa shape index (κ1) is 16.4. The first-order chi connectivity index (χ1) is 10.0. The van der Waals surface area contributed by atoms with Crippen molar-refractivity contribution in [3.63, 3.8) is 0 Å². The van der Waals surface area contributed by atoms with Gasteiger partial charge in [-0.15, -0.1) is 0 Å². The summed E-state index contributed by atoms with van der Waals surface area (Å²) in [5, 5.41) is 5.14. The first-order valence-corrected chi connectivity index (χ1v) is 8.02. The van der Waals surface area contributed by atoms with Crippen LogP contribution in [0.25, 0.3) is 0 Å². The molecule has 0 aromatic heterocycles. The fourth-order valence-corrected chi connectivity index (χ4v) is 3.06. The monoisotopic (exact) mass is 321 g/mol. The van der Waals surface area contributed by atoms with Crippen molar-refractivity contribution in [2.24, 2.45) is 0 Å². The number of benzene rings is 2. The van der Waals surface area contributed by atoms with Crippen LogP contribution in [0.15, 0.2) is 36.4 Å². The molecule has 21 heavy (non-hydrogen) atoms. The number of hydrogen-bond acceptors (Lipinski definition) is 1. The lowest BCUT2D eigenvalue weighted by atomic mass is 9.95. The van der Waals surface area contributed by atoms with Crippen LogP contribution in [0.3, 0.4) is 0 Å². The molecule has 3 heteroatoms. The smallest absolute Gasteiger partial charge is 0.0456 e. The molecular weight excluding hydrogens is 301 g/mol. The van der Waals surface area contributed by atoms with Gasteiger partial charge in [-0.05, 0) is 61.2 Å². The van der Waals surface area contributed by atoms with Gasteiger partial charge in [0, 0.05) is 16.1 Å². The third kappa shape index (κ3) is 4.00. The van der Waals surface area contributed by atoms with Crippen molar-refractivity contribution in [3.8, 4) is 0 Å². The normalized spacial score (nSPS) is 12.4. The lowest BCUT2D eigenvalue weighted by Gasteiger charge is -2.21. The van der Waals surface area contributed by atoms with Gasteiger partial charge >= 0.3 is 0 Å². The van der Waals surface area contributed by atoms with Crippen LogP contribution < -0.4 is 5.32 Å². The Kier molecular flexibility index (Phi) is 5.69. The van der Waals surface area contributed by atoms with Crippen LogP contribution in [0.2, 0.25) is 10.0 Å². The zero-order valence-electron chi connectivity index (χ0n) is 12.7. The van der Waals surface area contributed by atoms with Gasteiger partial charge in [0.15, 0.2) is 0 Å². The molecule has 1 unspecified atom stereocenters. The summed E-state index contributed by atoms with van der Waals surface area (Å²) in [4.78, 5) is 0. The lowest BCUT2D eigenvalue weighted by molar-refractivity contribution is 0.549. The Bertz CT molecular complexity index is 623. The Hall–Kier alpha value is -1.02. The van der Waals surface area contributed by atoms with Crippen LogP contribution in [-0.4, -0.2) is 6.54 Å². The summed E-state index contributed by atoms with van der Waals surface area (Å²) in [5.41, 5.74) is 4.76. The minimum atomic E-state index is 0.168. The first-order valence-electron chi connectivity index (χ1n) is 7.26. The maximum atomic E-state index is 6.47. The van der Waals surface area contributed by atoms with E-state index in [1.165, 1.54) is 11.1 Å². The summed E-state index contributed by atoms with van der Waals surface area (Å²) in [6.07, 6.45) is 0.829. The molecule has 0 bridgehead atoms. The number of likely N-dealkylation sites (N-methyl/N-ethyl adjacent to an activating group) is 1. The molecule has 0 saturated carbocycles. The Morgan fingerprint density at radius 1 is 1.00 bits per heavy atom. The largest absolute Gasteiger partial charge is 0.310 e. The zero-order valence-corrected chi connectivity index (χ0v) is 14.2. The highest BCUT2D eigenvalue weighted by Gasteiger charge is 2.16.